The van der Waals surface area contributed by atoms with Crippen LogP contribution in [0.15, 0.2) is 24.3 Å². The number of nitrogens with zero attached hydrogens (tertiary/aromatic N) is 2. The van der Waals surface area contributed by atoms with Crippen LogP contribution >= 0.6 is 0 Å². The predicted molar refractivity (Wildman–Crippen MR) is 102 cm³/mol. The van der Waals surface area contributed by atoms with E-state index in [0.29, 0.717) is 13.1 Å². The van der Waals surface area contributed by atoms with Crippen molar-refractivity contribution in [1.29, 1.82) is 0 Å². The van der Waals surface area contributed by atoms with Crippen LogP contribution < -0.4 is 9.64 Å². The molecule has 6 nitrogen and oxygen atoms in total. The lowest BCUT2D eigenvalue weighted by atomic mass is 9.58. The number of methoxy groups -OCH3 is 1. The van der Waals surface area contributed by atoms with Crippen LogP contribution in [0.5, 0.6) is 5.75 Å². The number of anilines is 1. The van der Waals surface area contributed by atoms with E-state index in [9.17, 15) is 14.7 Å². The summed E-state index contributed by atoms with van der Waals surface area (Å²) in [5.74, 6) is -0.267. The summed E-state index contributed by atoms with van der Waals surface area (Å²) >= 11 is 0. The van der Waals surface area contributed by atoms with Gasteiger partial charge in [0, 0.05) is 26.2 Å². The Morgan fingerprint density at radius 2 is 1.56 bits per heavy atom. The molecule has 0 spiro atoms. The number of hydrogen-bond donors (Lipinski definition) is 1. The molecule has 4 aliphatic rings. The molecule has 1 saturated heterocycles. The minimum atomic E-state index is -0.782. The maximum absolute atomic E-state index is 13.2. The van der Waals surface area contributed by atoms with Gasteiger partial charge in [0.05, 0.1) is 24.6 Å². The van der Waals surface area contributed by atoms with Crippen molar-refractivity contribution in [3.8, 4) is 5.75 Å². The summed E-state index contributed by atoms with van der Waals surface area (Å²) in [7, 11) is 1.67. The van der Waals surface area contributed by atoms with Crippen molar-refractivity contribution in [3.05, 3.63) is 24.3 Å². The number of carboxylic acids is 1. The highest BCUT2D eigenvalue weighted by Gasteiger charge is 2.51. The van der Waals surface area contributed by atoms with Gasteiger partial charge in [0.15, 0.2) is 0 Å². The van der Waals surface area contributed by atoms with Gasteiger partial charge in [0.25, 0.3) is 0 Å². The summed E-state index contributed by atoms with van der Waals surface area (Å²) in [4.78, 5) is 29.2. The standard InChI is InChI=1S/C21H28N2O4/c1-27-17-5-3-2-4-16(17)22-10-12-23(13-11-22)20(24)18-14-6-8-15(9-7-14)19(18)21(25)26/h2-5,14-15,18-19H,6-13H2,1H3,(H,25,26)/t14?,15?,18-,19-/m0/s1. The molecule has 146 valence electrons. The maximum Gasteiger partial charge on any atom is 0.307 e. The highest BCUT2D eigenvalue weighted by molar-refractivity contribution is 5.86. The summed E-state index contributed by atoms with van der Waals surface area (Å²) in [5.41, 5.74) is 1.05. The fourth-order valence-electron chi connectivity index (χ4n) is 5.43. The summed E-state index contributed by atoms with van der Waals surface area (Å²) in [5, 5.41) is 9.73. The highest BCUT2D eigenvalue weighted by atomic mass is 16.5. The smallest absolute Gasteiger partial charge is 0.307 e. The van der Waals surface area contributed by atoms with Gasteiger partial charge >= 0.3 is 5.97 Å². The molecule has 6 heteroatoms. The Labute approximate surface area is 160 Å². The number of carbonyl (C=O) groups excluding carboxylic acids is 1. The molecule has 1 aliphatic heterocycles. The quantitative estimate of drug-likeness (QED) is 0.879. The van der Waals surface area contributed by atoms with Crippen LogP contribution in [0, 0.1) is 23.7 Å². The Balaban J connectivity index is 1.45. The topological polar surface area (TPSA) is 70.1 Å². The average molecular weight is 372 g/mol. The average Bonchev–Trinajstić information content (AvgIpc) is 2.73. The van der Waals surface area contributed by atoms with Crippen molar-refractivity contribution in [1.82, 2.24) is 4.90 Å². The third-order valence-corrected chi connectivity index (χ3v) is 6.81. The first kappa shape index (κ1) is 18.1. The lowest BCUT2D eigenvalue weighted by molar-refractivity contribution is -0.162. The number of aliphatic carboxylic acids is 1. The normalized spacial score (nSPS) is 30.3. The van der Waals surface area contributed by atoms with Crippen molar-refractivity contribution in [3.63, 3.8) is 0 Å². The van der Waals surface area contributed by atoms with E-state index < -0.39 is 11.9 Å². The van der Waals surface area contributed by atoms with Crippen molar-refractivity contribution in [2.75, 3.05) is 38.2 Å². The number of piperazine rings is 1. The Morgan fingerprint density at radius 3 is 2.15 bits per heavy atom. The summed E-state index contributed by atoms with van der Waals surface area (Å²) in [6, 6.07) is 7.93. The van der Waals surface area contributed by atoms with Crippen LogP contribution in [-0.2, 0) is 9.59 Å². The number of hydrogen-bond acceptors (Lipinski definition) is 4. The highest BCUT2D eigenvalue weighted by Crippen LogP contribution is 2.49. The van der Waals surface area contributed by atoms with E-state index in [-0.39, 0.29) is 23.7 Å². The number of ether oxygens (including phenoxy) is 1. The second kappa shape index (κ2) is 7.41. The lowest BCUT2D eigenvalue weighted by Crippen LogP contribution is -2.56. The van der Waals surface area contributed by atoms with Gasteiger partial charge in [-0.15, -0.1) is 0 Å². The molecule has 1 N–H and O–H groups in total. The van der Waals surface area contributed by atoms with Crippen molar-refractivity contribution >= 4 is 17.6 Å². The van der Waals surface area contributed by atoms with Gasteiger partial charge in [-0.25, -0.2) is 0 Å². The molecule has 2 atom stereocenters. The Hall–Kier alpha value is -2.24. The number of amides is 1. The molecule has 4 fully saturated rings. The van der Waals surface area contributed by atoms with Crippen LogP contribution in [0.2, 0.25) is 0 Å². The molecular formula is C21H28N2O4. The van der Waals surface area contributed by atoms with Crippen molar-refractivity contribution in [2.24, 2.45) is 23.7 Å². The van der Waals surface area contributed by atoms with E-state index >= 15 is 0 Å². The Morgan fingerprint density at radius 1 is 0.963 bits per heavy atom. The second-order valence-electron chi connectivity index (χ2n) is 8.05. The van der Waals surface area contributed by atoms with Crippen LogP contribution in [0.25, 0.3) is 0 Å². The minimum Gasteiger partial charge on any atom is -0.495 e. The molecule has 3 aliphatic carbocycles. The first-order valence-corrected chi connectivity index (χ1v) is 9.99. The van der Waals surface area contributed by atoms with Crippen molar-refractivity contribution < 1.29 is 19.4 Å². The Bertz CT molecular complexity index is 706. The monoisotopic (exact) mass is 372 g/mol. The summed E-state index contributed by atoms with van der Waals surface area (Å²) in [6.07, 6.45) is 3.94. The third-order valence-electron chi connectivity index (χ3n) is 6.81. The molecule has 1 amide bonds. The van der Waals surface area contributed by atoms with Gasteiger partial charge in [-0.2, -0.15) is 0 Å². The number of benzene rings is 1. The van der Waals surface area contributed by atoms with E-state index in [2.05, 4.69) is 4.90 Å². The minimum absolute atomic E-state index is 0.0662. The molecule has 1 aromatic carbocycles. The van der Waals surface area contributed by atoms with Gasteiger partial charge in [-0.3, -0.25) is 9.59 Å². The number of fused-ring (bicyclic) bond motifs is 3. The first-order chi connectivity index (χ1) is 13.1. The van der Waals surface area contributed by atoms with Gasteiger partial charge in [0.2, 0.25) is 5.91 Å². The Kier molecular flexibility index (Phi) is 4.98. The fraction of sp³-hybridized carbons (Fsp3) is 0.619. The molecule has 0 radical (unpaired) electrons. The molecule has 0 unspecified atom stereocenters. The fourth-order valence-corrected chi connectivity index (χ4v) is 5.43. The zero-order valence-electron chi connectivity index (χ0n) is 15.8. The second-order valence-corrected chi connectivity index (χ2v) is 8.05. The van der Waals surface area contributed by atoms with E-state index in [1.165, 1.54) is 0 Å². The van der Waals surface area contributed by atoms with E-state index in [4.69, 9.17) is 4.74 Å². The zero-order chi connectivity index (χ0) is 19.0. The molecular weight excluding hydrogens is 344 g/mol. The molecule has 1 heterocycles. The van der Waals surface area contributed by atoms with Crippen LogP contribution in [0.4, 0.5) is 5.69 Å². The number of rotatable bonds is 4. The lowest BCUT2D eigenvalue weighted by Gasteiger charge is -2.48. The van der Waals surface area contributed by atoms with Gasteiger partial charge < -0.3 is 19.6 Å². The van der Waals surface area contributed by atoms with Crippen LogP contribution in [0.3, 0.4) is 0 Å². The first-order valence-electron chi connectivity index (χ1n) is 9.99. The van der Waals surface area contributed by atoms with E-state index in [1.54, 1.807) is 7.11 Å². The van der Waals surface area contributed by atoms with Gasteiger partial charge in [-0.05, 0) is 49.7 Å². The van der Waals surface area contributed by atoms with Crippen LogP contribution in [-0.4, -0.2) is 55.2 Å². The van der Waals surface area contributed by atoms with Gasteiger partial charge in [0.1, 0.15) is 5.75 Å². The van der Waals surface area contributed by atoms with E-state index in [1.807, 2.05) is 29.2 Å². The predicted octanol–water partition coefficient (Wildman–Crippen LogP) is 2.48. The SMILES string of the molecule is COc1ccccc1N1CCN(C(=O)[C@H]2C3CCC(CC3)[C@@H]2C(=O)O)CC1. The maximum atomic E-state index is 13.2. The third kappa shape index (κ3) is 3.26. The largest absolute Gasteiger partial charge is 0.495 e. The summed E-state index contributed by atoms with van der Waals surface area (Å²) < 4.78 is 5.45. The summed E-state index contributed by atoms with van der Waals surface area (Å²) in [6.45, 7) is 2.75. The number of carbonyl (C=O) groups is 2. The van der Waals surface area contributed by atoms with Crippen molar-refractivity contribution in [2.45, 2.75) is 25.7 Å². The van der Waals surface area contributed by atoms with Crippen LogP contribution in [0.1, 0.15) is 25.7 Å². The van der Waals surface area contributed by atoms with Gasteiger partial charge in [-0.1, -0.05) is 12.1 Å². The number of para-hydroxylation sites is 2. The molecule has 27 heavy (non-hydrogen) atoms. The molecule has 1 aromatic rings. The molecule has 3 saturated carbocycles. The molecule has 5 rings (SSSR count). The zero-order valence-corrected chi connectivity index (χ0v) is 15.8. The van der Waals surface area contributed by atoms with E-state index in [0.717, 1.165) is 50.2 Å². The molecule has 0 aromatic heterocycles. The molecule has 2 bridgehead atoms. The number of carboxylic acid groups (broad SMARTS) is 1.